The van der Waals surface area contributed by atoms with Gasteiger partial charge >= 0.3 is 6.09 Å². The van der Waals surface area contributed by atoms with Gasteiger partial charge in [0.05, 0.1) is 7.11 Å². The Morgan fingerprint density at radius 2 is 1.60 bits per heavy atom. The molecule has 3 aromatic carbocycles. The van der Waals surface area contributed by atoms with Gasteiger partial charge in [0.15, 0.2) is 0 Å². The van der Waals surface area contributed by atoms with E-state index in [4.69, 9.17) is 9.47 Å². The Bertz CT molecular complexity index is 1370. The molecule has 2 atom stereocenters. The Kier molecular flexibility index (Phi) is 11.4. The Morgan fingerprint density at radius 3 is 2.19 bits per heavy atom. The molecule has 4 N–H and O–H groups in total. The average molecular weight is 592 g/mol. The van der Waals surface area contributed by atoms with Crippen molar-refractivity contribution in [2.24, 2.45) is 0 Å². The highest BCUT2D eigenvalue weighted by Crippen LogP contribution is 2.28. The molecule has 0 saturated carbocycles. The molecule has 10 heteroatoms. The number of anilines is 1. The van der Waals surface area contributed by atoms with Crippen LogP contribution in [0.15, 0.2) is 72.8 Å². The molecule has 10 nitrogen and oxygen atoms in total. The number of rotatable bonds is 12. The van der Waals surface area contributed by atoms with E-state index in [2.05, 4.69) is 10.6 Å². The number of amides is 3. The van der Waals surface area contributed by atoms with Gasteiger partial charge < -0.3 is 35.2 Å². The van der Waals surface area contributed by atoms with Crippen molar-refractivity contribution in [3.05, 3.63) is 83.9 Å². The zero-order chi connectivity index (χ0) is 31.6. The lowest BCUT2D eigenvalue weighted by atomic mass is 9.99. The first-order valence-electron chi connectivity index (χ1n) is 14.2. The van der Waals surface area contributed by atoms with Gasteiger partial charge in [-0.05, 0) is 86.8 Å². The first kappa shape index (κ1) is 32.8. The van der Waals surface area contributed by atoms with Crippen LogP contribution >= 0.6 is 0 Å². The molecule has 230 valence electrons. The molecule has 0 saturated heterocycles. The Morgan fingerprint density at radius 1 is 0.930 bits per heavy atom. The molecular weight excluding hydrogens is 550 g/mol. The van der Waals surface area contributed by atoms with Crippen molar-refractivity contribution in [2.45, 2.75) is 64.6 Å². The fraction of sp³-hybridized carbons (Fsp3) is 0.364. The summed E-state index contributed by atoms with van der Waals surface area (Å²) in [5, 5.41) is 25.6. The number of nitrogens with one attached hydrogen (secondary N) is 2. The number of carbonyl (C=O) groups excluding carboxylic acids is 3. The van der Waals surface area contributed by atoms with Crippen molar-refractivity contribution in [3.8, 4) is 17.2 Å². The van der Waals surface area contributed by atoms with E-state index in [1.54, 1.807) is 76.4 Å². The maximum Gasteiger partial charge on any atom is 0.408 e. The van der Waals surface area contributed by atoms with Crippen LogP contribution in [-0.4, -0.2) is 58.3 Å². The van der Waals surface area contributed by atoms with Crippen molar-refractivity contribution in [2.75, 3.05) is 19.0 Å². The van der Waals surface area contributed by atoms with Crippen LogP contribution in [0, 0.1) is 0 Å². The minimum Gasteiger partial charge on any atom is -0.508 e. The Hall–Kier alpha value is -4.73. The molecule has 0 aliphatic carbocycles. The van der Waals surface area contributed by atoms with Crippen LogP contribution in [0.25, 0.3) is 0 Å². The molecule has 0 aliphatic rings. The zero-order valence-corrected chi connectivity index (χ0v) is 25.3. The van der Waals surface area contributed by atoms with Gasteiger partial charge in [-0.3, -0.25) is 9.59 Å². The normalized spacial score (nSPS) is 12.5. The van der Waals surface area contributed by atoms with Crippen LogP contribution in [0.3, 0.4) is 0 Å². The molecule has 0 radical (unpaired) electrons. The van der Waals surface area contributed by atoms with Gasteiger partial charge in [-0.15, -0.1) is 0 Å². The predicted octanol–water partition coefficient (Wildman–Crippen LogP) is 5.55. The summed E-state index contributed by atoms with van der Waals surface area (Å²) in [6, 6.07) is 17.0. The molecule has 43 heavy (non-hydrogen) atoms. The lowest BCUT2D eigenvalue weighted by Gasteiger charge is -2.34. The number of phenolic OH excluding ortho intramolecular Hbond substituents is 2. The summed E-state index contributed by atoms with van der Waals surface area (Å²) in [4.78, 5) is 42.7. The summed E-state index contributed by atoms with van der Waals surface area (Å²) < 4.78 is 10.7. The molecule has 0 aromatic heterocycles. The number of methoxy groups -OCH3 is 1. The van der Waals surface area contributed by atoms with Crippen molar-refractivity contribution in [3.63, 3.8) is 0 Å². The van der Waals surface area contributed by atoms with E-state index in [9.17, 15) is 24.6 Å². The number of benzene rings is 3. The van der Waals surface area contributed by atoms with Gasteiger partial charge in [0.1, 0.15) is 34.9 Å². The van der Waals surface area contributed by atoms with Gasteiger partial charge in [-0.25, -0.2) is 4.79 Å². The number of carbonyl (C=O) groups is 3. The highest BCUT2D eigenvalue weighted by atomic mass is 16.6. The van der Waals surface area contributed by atoms with Crippen LogP contribution in [0.1, 0.15) is 57.7 Å². The number of ether oxygens (including phenoxy) is 2. The van der Waals surface area contributed by atoms with Crippen molar-refractivity contribution in [1.29, 1.82) is 0 Å². The van der Waals surface area contributed by atoms with Gasteiger partial charge in [-0.1, -0.05) is 37.6 Å². The fourth-order valence-electron chi connectivity index (χ4n) is 4.47. The number of unbranched alkanes of at least 4 members (excludes halogenated alkanes) is 1. The Balaban J connectivity index is 2.05. The summed E-state index contributed by atoms with van der Waals surface area (Å²) in [7, 11) is 1.54. The first-order valence-corrected chi connectivity index (χ1v) is 14.2. The number of hydrogen-bond donors (Lipinski definition) is 4. The number of aromatic hydroxyl groups is 2. The highest BCUT2D eigenvalue weighted by molar-refractivity contribution is 5.99. The summed E-state index contributed by atoms with van der Waals surface area (Å²) in [5.41, 5.74) is 0.766. The second-order valence-electron chi connectivity index (χ2n) is 11.2. The van der Waals surface area contributed by atoms with Gasteiger partial charge in [0.2, 0.25) is 5.91 Å². The molecule has 0 bridgehead atoms. The second kappa shape index (κ2) is 14.9. The maximum absolute atomic E-state index is 14.4. The van der Waals surface area contributed by atoms with Crippen LogP contribution < -0.4 is 15.4 Å². The van der Waals surface area contributed by atoms with E-state index in [1.165, 1.54) is 29.2 Å². The highest BCUT2D eigenvalue weighted by Gasteiger charge is 2.36. The van der Waals surface area contributed by atoms with Crippen LogP contribution in [-0.2, 0) is 20.7 Å². The molecule has 0 heterocycles. The molecule has 3 rings (SSSR count). The third-order valence-corrected chi connectivity index (χ3v) is 6.50. The minimum absolute atomic E-state index is 0.0600. The van der Waals surface area contributed by atoms with E-state index in [-0.39, 0.29) is 24.5 Å². The van der Waals surface area contributed by atoms with E-state index < -0.39 is 35.6 Å². The van der Waals surface area contributed by atoms with Crippen LogP contribution in [0.2, 0.25) is 0 Å². The summed E-state index contributed by atoms with van der Waals surface area (Å²) in [5.74, 6) is -0.385. The first-order chi connectivity index (χ1) is 20.4. The van der Waals surface area contributed by atoms with Gasteiger partial charge in [0.25, 0.3) is 5.91 Å². The van der Waals surface area contributed by atoms with Crippen molar-refractivity contribution < 1.29 is 34.1 Å². The molecule has 0 aliphatic heterocycles. The number of phenols is 2. The maximum atomic E-state index is 14.4. The third-order valence-electron chi connectivity index (χ3n) is 6.50. The van der Waals surface area contributed by atoms with Gasteiger partial charge in [-0.2, -0.15) is 0 Å². The largest absolute Gasteiger partial charge is 0.508 e. The lowest BCUT2D eigenvalue weighted by molar-refractivity contribution is -0.140. The Labute approximate surface area is 252 Å². The predicted molar refractivity (Wildman–Crippen MR) is 164 cm³/mol. The molecule has 3 amide bonds. The topological polar surface area (TPSA) is 137 Å². The quantitative estimate of drug-likeness (QED) is 0.217. The summed E-state index contributed by atoms with van der Waals surface area (Å²) in [6.07, 6.45) is 0.610. The van der Waals surface area contributed by atoms with Crippen molar-refractivity contribution in [1.82, 2.24) is 10.2 Å². The monoisotopic (exact) mass is 591 g/mol. The SMILES string of the molecule is CCCCN(C(=O)C(Cc1ccc(O)cc1)NC(=O)OC(C)(C)C)C(C(=O)Nc1ccc(OC)cc1)c1cccc(O)c1. The van der Waals surface area contributed by atoms with E-state index in [1.807, 2.05) is 6.92 Å². The smallest absolute Gasteiger partial charge is 0.408 e. The number of nitrogens with zero attached hydrogens (tertiary/aromatic N) is 1. The molecule has 0 spiro atoms. The third kappa shape index (κ3) is 9.95. The number of alkyl carbamates (subject to hydrolysis) is 1. The van der Waals surface area contributed by atoms with Crippen molar-refractivity contribution >= 4 is 23.6 Å². The van der Waals surface area contributed by atoms with E-state index in [0.717, 1.165) is 6.42 Å². The van der Waals surface area contributed by atoms with E-state index in [0.29, 0.717) is 29.0 Å². The minimum atomic E-state index is -1.14. The second-order valence-corrected chi connectivity index (χ2v) is 11.2. The van der Waals surface area contributed by atoms with E-state index >= 15 is 0 Å². The van der Waals surface area contributed by atoms with Gasteiger partial charge in [0, 0.05) is 18.7 Å². The molecule has 0 fully saturated rings. The summed E-state index contributed by atoms with van der Waals surface area (Å²) >= 11 is 0. The molecule has 3 aromatic rings. The fourth-order valence-corrected chi connectivity index (χ4v) is 4.47. The average Bonchev–Trinajstić information content (AvgIpc) is 2.95. The van der Waals surface area contributed by atoms with Crippen LogP contribution in [0.4, 0.5) is 10.5 Å². The molecule has 2 unspecified atom stereocenters. The molecular formula is C33H41N3O7. The van der Waals surface area contributed by atoms with Crippen LogP contribution in [0.5, 0.6) is 17.2 Å². The zero-order valence-electron chi connectivity index (χ0n) is 25.3. The summed E-state index contributed by atoms with van der Waals surface area (Å²) in [6.45, 7) is 7.33. The lowest BCUT2D eigenvalue weighted by Crippen LogP contribution is -2.53. The number of hydrogen-bond acceptors (Lipinski definition) is 7. The standard InChI is InChI=1S/C33H41N3O7/c1-6-7-19-36(31(40)28(35-32(41)43-33(2,3)4)20-22-11-15-25(37)16-12-22)29(23-9-8-10-26(38)21-23)30(39)34-24-13-17-27(42-5)18-14-24/h8-18,21,28-29,37-38H,6-7,19-20H2,1-5H3,(H,34,39)(H,35,41).